The Bertz CT molecular complexity index is 3710. The first-order valence-electron chi connectivity index (χ1n) is 20.5. The van der Waals surface area contributed by atoms with E-state index in [4.69, 9.17) is 0 Å². The molecule has 0 radical (unpaired) electrons. The molecule has 12 aromatic carbocycles. The van der Waals surface area contributed by atoms with Gasteiger partial charge in [-0.2, -0.15) is 5.26 Å². The highest BCUT2D eigenvalue weighted by atomic mass is 14.3. The first kappa shape index (κ1) is 33.6. The SMILES string of the molecule is Cc1ccc(C#N)cc1-c1cc(C)c(-c2ccc3c4c(-c5ccccc5)c5c(cc6c7ccccc7c7cccc5c76)c(-c5ccccc5)c4c4cccc2c43)c(C)c1. The predicted molar refractivity (Wildman–Crippen MR) is 252 cm³/mol. The molecule has 0 fully saturated rings. The van der Waals surface area contributed by atoms with E-state index in [-0.39, 0.29) is 0 Å². The van der Waals surface area contributed by atoms with E-state index in [0.717, 1.165) is 11.1 Å². The number of nitrogens with zero attached hydrogens (tertiary/aromatic N) is 1. The highest BCUT2D eigenvalue weighted by molar-refractivity contribution is 6.45. The molecule has 0 aliphatic heterocycles. The van der Waals surface area contributed by atoms with Crippen molar-refractivity contribution in [2.75, 3.05) is 0 Å². The molecule has 274 valence electrons. The van der Waals surface area contributed by atoms with Gasteiger partial charge in [0.1, 0.15) is 0 Å². The van der Waals surface area contributed by atoms with Gasteiger partial charge >= 0.3 is 0 Å². The number of hydrogen-bond acceptors (Lipinski definition) is 1. The van der Waals surface area contributed by atoms with Crippen molar-refractivity contribution in [3.05, 3.63) is 192 Å². The Morgan fingerprint density at radius 3 is 1.54 bits per heavy atom. The van der Waals surface area contributed by atoms with Gasteiger partial charge in [-0.05, 0) is 176 Å². The summed E-state index contributed by atoms with van der Waals surface area (Å²) in [5, 5.41) is 28.0. The van der Waals surface area contributed by atoms with Crippen LogP contribution in [0.2, 0.25) is 0 Å². The van der Waals surface area contributed by atoms with Crippen LogP contribution in [0.15, 0.2) is 170 Å². The molecule has 12 rings (SSSR count). The Labute approximate surface area is 342 Å². The molecule has 0 N–H and O–H groups in total. The fraction of sp³-hybridized carbons (Fsp3) is 0.0517. The standard InChI is InChI=1S/C58H37N/c1-33-24-25-36(32-59)30-48(33)39-28-34(2)51(35(3)29-39)44-26-27-47-54-43(44)21-13-23-46(54)57-52(37-14-6-4-7-15-37)50-31-49-41-19-11-10-18-40(41)42-20-12-22-45(55(42)49)56(50)53(58(47)57)38-16-8-5-9-17-38/h4-31H,1-3H3. The lowest BCUT2D eigenvalue weighted by atomic mass is 9.84. The summed E-state index contributed by atoms with van der Waals surface area (Å²) >= 11 is 0. The monoisotopic (exact) mass is 747 g/mol. The molecule has 0 saturated heterocycles. The van der Waals surface area contributed by atoms with Gasteiger partial charge in [-0.1, -0.05) is 152 Å². The maximum absolute atomic E-state index is 9.69. The van der Waals surface area contributed by atoms with E-state index in [1.807, 2.05) is 12.1 Å². The van der Waals surface area contributed by atoms with Crippen molar-refractivity contribution in [3.63, 3.8) is 0 Å². The Morgan fingerprint density at radius 1 is 0.305 bits per heavy atom. The number of hydrogen-bond donors (Lipinski definition) is 0. The van der Waals surface area contributed by atoms with Crippen LogP contribution in [-0.2, 0) is 0 Å². The molecule has 0 unspecified atom stereocenters. The van der Waals surface area contributed by atoms with E-state index in [1.54, 1.807) is 0 Å². The van der Waals surface area contributed by atoms with Crippen molar-refractivity contribution < 1.29 is 0 Å². The highest BCUT2D eigenvalue weighted by Crippen LogP contribution is 2.55. The van der Waals surface area contributed by atoms with Gasteiger partial charge in [0.25, 0.3) is 0 Å². The van der Waals surface area contributed by atoms with E-state index >= 15 is 0 Å². The number of benzene rings is 10. The summed E-state index contributed by atoms with van der Waals surface area (Å²) in [5.41, 5.74) is 14.1. The minimum Gasteiger partial charge on any atom is -0.192 e. The lowest BCUT2D eigenvalue weighted by molar-refractivity contribution is 1.36. The maximum atomic E-state index is 9.69. The van der Waals surface area contributed by atoms with Gasteiger partial charge in [0.2, 0.25) is 0 Å². The van der Waals surface area contributed by atoms with E-state index in [2.05, 4.69) is 185 Å². The van der Waals surface area contributed by atoms with E-state index in [0.29, 0.717) is 5.56 Å². The summed E-state index contributed by atoms with van der Waals surface area (Å²) in [5.74, 6) is 0. The van der Waals surface area contributed by atoms with Crippen molar-refractivity contribution in [1.82, 2.24) is 0 Å². The third-order valence-electron chi connectivity index (χ3n) is 13.1. The van der Waals surface area contributed by atoms with Gasteiger partial charge in [0.15, 0.2) is 0 Å². The summed E-state index contributed by atoms with van der Waals surface area (Å²) in [6, 6.07) is 65.2. The van der Waals surface area contributed by atoms with Crippen LogP contribution in [0, 0.1) is 32.1 Å². The number of nitriles is 1. The lowest BCUT2D eigenvalue weighted by Crippen LogP contribution is -1.93. The fourth-order valence-corrected chi connectivity index (χ4v) is 10.8. The summed E-state index contributed by atoms with van der Waals surface area (Å²) in [4.78, 5) is 0. The van der Waals surface area contributed by atoms with Crippen LogP contribution in [0.3, 0.4) is 0 Å². The second-order valence-corrected chi connectivity index (χ2v) is 16.4. The van der Waals surface area contributed by atoms with Crippen LogP contribution in [0.25, 0.3) is 120 Å². The molecular weight excluding hydrogens is 711 g/mol. The van der Waals surface area contributed by atoms with Gasteiger partial charge in [-0.15, -0.1) is 0 Å². The molecule has 0 amide bonds. The maximum Gasteiger partial charge on any atom is 0.0991 e. The average Bonchev–Trinajstić information content (AvgIpc) is 3.78. The molecule has 0 bridgehead atoms. The topological polar surface area (TPSA) is 23.8 Å². The Kier molecular flexibility index (Phi) is 7.11. The summed E-state index contributed by atoms with van der Waals surface area (Å²) in [6.07, 6.45) is 0. The van der Waals surface area contributed by atoms with Gasteiger partial charge in [-0.25, -0.2) is 0 Å². The van der Waals surface area contributed by atoms with Crippen LogP contribution in [0.4, 0.5) is 0 Å². The van der Waals surface area contributed by atoms with Crippen LogP contribution in [0.5, 0.6) is 0 Å². The molecule has 59 heavy (non-hydrogen) atoms. The Balaban J connectivity index is 1.26. The molecule has 0 saturated carbocycles. The zero-order chi connectivity index (χ0) is 39.5. The second kappa shape index (κ2) is 12.5. The summed E-state index contributed by atoms with van der Waals surface area (Å²) < 4.78 is 0. The lowest BCUT2D eigenvalue weighted by Gasteiger charge is -2.19. The number of aryl methyl sites for hydroxylation is 3. The fourth-order valence-electron chi connectivity index (χ4n) is 10.8. The highest BCUT2D eigenvalue weighted by Gasteiger charge is 2.27. The molecule has 1 nitrogen and oxygen atoms in total. The Hall–Kier alpha value is -7.53. The van der Waals surface area contributed by atoms with Gasteiger partial charge in [0, 0.05) is 0 Å². The first-order chi connectivity index (χ1) is 29.0. The van der Waals surface area contributed by atoms with Crippen molar-refractivity contribution in [2.24, 2.45) is 0 Å². The second-order valence-electron chi connectivity index (χ2n) is 16.4. The summed E-state index contributed by atoms with van der Waals surface area (Å²) in [6.45, 7) is 6.60. The molecule has 12 aromatic rings. The average molecular weight is 748 g/mol. The molecule has 0 heterocycles. The minimum absolute atomic E-state index is 0.682. The quantitative estimate of drug-likeness (QED) is 0.165. The number of fused-ring (bicyclic) bond motifs is 8. The van der Waals surface area contributed by atoms with Gasteiger partial charge in [-0.3, -0.25) is 0 Å². The third kappa shape index (κ3) is 4.66. The smallest absolute Gasteiger partial charge is 0.0991 e. The van der Waals surface area contributed by atoms with Crippen molar-refractivity contribution >= 4 is 75.4 Å². The molecule has 0 aromatic heterocycles. The molecule has 0 aliphatic carbocycles. The normalized spacial score (nSPS) is 12.0. The molecular formula is C58H37N. The van der Waals surface area contributed by atoms with Crippen LogP contribution < -0.4 is 0 Å². The largest absolute Gasteiger partial charge is 0.192 e. The Morgan fingerprint density at radius 2 is 0.847 bits per heavy atom. The zero-order valence-electron chi connectivity index (χ0n) is 33.1. The third-order valence-corrected chi connectivity index (χ3v) is 13.1. The molecule has 1 heteroatoms. The zero-order valence-corrected chi connectivity index (χ0v) is 33.1. The molecule has 0 aliphatic rings. The minimum atomic E-state index is 0.682. The first-order valence-corrected chi connectivity index (χ1v) is 20.5. The van der Waals surface area contributed by atoms with E-state index < -0.39 is 0 Å². The molecule has 0 spiro atoms. The van der Waals surface area contributed by atoms with Gasteiger partial charge < -0.3 is 0 Å². The molecule has 0 atom stereocenters. The van der Waals surface area contributed by atoms with E-state index in [9.17, 15) is 5.26 Å². The van der Waals surface area contributed by atoms with Crippen LogP contribution in [0.1, 0.15) is 22.3 Å². The van der Waals surface area contributed by atoms with Crippen LogP contribution >= 0.6 is 0 Å². The summed E-state index contributed by atoms with van der Waals surface area (Å²) in [7, 11) is 0. The van der Waals surface area contributed by atoms with Gasteiger partial charge in [0.05, 0.1) is 11.6 Å². The van der Waals surface area contributed by atoms with E-state index in [1.165, 1.54) is 125 Å². The van der Waals surface area contributed by atoms with Crippen molar-refractivity contribution in [1.29, 1.82) is 5.26 Å². The van der Waals surface area contributed by atoms with Crippen molar-refractivity contribution in [3.8, 4) is 50.6 Å². The number of rotatable bonds is 4. The van der Waals surface area contributed by atoms with Crippen LogP contribution in [-0.4, -0.2) is 0 Å². The predicted octanol–water partition coefficient (Wildman–Crippen LogP) is 16.1. The van der Waals surface area contributed by atoms with Crippen molar-refractivity contribution in [2.45, 2.75) is 20.8 Å².